The van der Waals surface area contributed by atoms with Gasteiger partial charge in [0, 0.05) is 13.1 Å². The fourth-order valence-electron chi connectivity index (χ4n) is 1.93. The van der Waals surface area contributed by atoms with E-state index >= 15 is 0 Å². The number of nitrogens with one attached hydrogen (secondary N) is 2. The highest BCUT2D eigenvalue weighted by molar-refractivity contribution is 5.92. The SMILES string of the molecule is O=C1NCCNC(=O)c2ccc(o2)COCc2ccc1o2. The Morgan fingerprint density at radius 2 is 1.24 bits per heavy atom. The van der Waals surface area contributed by atoms with Gasteiger partial charge in [0.2, 0.25) is 0 Å². The van der Waals surface area contributed by atoms with E-state index in [0.717, 1.165) is 0 Å². The zero-order valence-corrected chi connectivity index (χ0v) is 11.2. The van der Waals surface area contributed by atoms with E-state index in [2.05, 4.69) is 10.6 Å². The Kier molecular flexibility index (Phi) is 3.74. The smallest absolute Gasteiger partial charge is 0.287 e. The zero-order chi connectivity index (χ0) is 14.7. The summed E-state index contributed by atoms with van der Waals surface area (Å²) in [6.07, 6.45) is 0. The largest absolute Gasteiger partial charge is 0.453 e. The van der Waals surface area contributed by atoms with Crippen molar-refractivity contribution in [2.75, 3.05) is 13.1 Å². The van der Waals surface area contributed by atoms with E-state index < -0.39 is 0 Å². The normalized spacial score (nSPS) is 16.6. The average Bonchev–Trinajstić information content (AvgIpc) is 3.11. The first-order valence-corrected chi connectivity index (χ1v) is 6.54. The van der Waals surface area contributed by atoms with Crippen molar-refractivity contribution in [3.63, 3.8) is 0 Å². The number of amides is 2. The first-order chi connectivity index (χ1) is 10.2. The Balaban J connectivity index is 1.76. The van der Waals surface area contributed by atoms with Crippen LogP contribution in [0.4, 0.5) is 0 Å². The summed E-state index contributed by atoms with van der Waals surface area (Å²) in [4.78, 5) is 23.6. The molecule has 3 heterocycles. The number of furan rings is 2. The van der Waals surface area contributed by atoms with Crippen molar-refractivity contribution in [2.45, 2.75) is 13.2 Å². The molecule has 7 nitrogen and oxygen atoms in total. The highest BCUT2D eigenvalue weighted by Crippen LogP contribution is 2.13. The van der Waals surface area contributed by atoms with Gasteiger partial charge in [-0.2, -0.15) is 0 Å². The number of hydrogen-bond acceptors (Lipinski definition) is 5. The second-order valence-electron chi connectivity index (χ2n) is 4.54. The molecule has 7 heteroatoms. The topological polar surface area (TPSA) is 93.7 Å². The van der Waals surface area contributed by atoms with Crippen LogP contribution in [0.1, 0.15) is 32.6 Å². The van der Waals surface area contributed by atoms with E-state index in [1.807, 2.05) is 0 Å². The van der Waals surface area contributed by atoms with Gasteiger partial charge in [-0.15, -0.1) is 0 Å². The van der Waals surface area contributed by atoms with Crippen LogP contribution < -0.4 is 10.6 Å². The van der Waals surface area contributed by atoms with Crippen molar-refractivity contribution in [3.05, 3.63) is 47.3 Å². The molecule has 1 aliphatic heterocycles. The molecule has 4 bridgehead atoms. The highest BCUT2D eigenvalue weighted by Gasteiger charge is 2.14. The molecular formula is C14H14N2O5. The second kappa shape index (κ2) is 5.84. The lowest BCUT2D eigenvalue weighted by atomic mass is 10.4. The van der Waals surface area contributed by atoms with Crippen molar-refractivity contribution in [1.82, 2.24) is 10.6 Å². The lowest BCUT2D eigenvalue weighted by Crippen LogP contribution is -2.34. The third kappa shape index (κ3) is 3.14. The van der Waals surface area contributed by atoms with Gasteiger partial charge in [0.15, 0.2) is 11.5 Å². The molecule has 0 aliphatic carbocycles. The summed E-state index contributed by atoms with van der Waals surface area (Å²) in [5.74, 6) is 0.881. The number of rotatable bonds is 0. The predicted octanol–water partition coefficient (Wildman–Crippen LogP) is 1.06. The molecule has 2 aromatic heterocycles. The monoisotopic (exact) mass is 290 g/mol. The van der Waals surface area contributed by atoms with Gasteiger partial charge in [0.05, 0.1) is 0 Å². The van der Waals surface area contributed by atoms with Gasteiger partial charge in [-0.05, 0) is 24.3 Å². The summed E-state index contributed by atoms with van der Waals surface area (Å²) in [5, 5.41) is 5.30. The molecule has 110 valence electrons. The van der Waals surface area contributed by atoms with Crippen molar-refractivity contribution in [3.8, 4) is 0 Å². The Morgan fingerprint density at radius 1 is 0.762 bits per heavy atom. The maximum atomic E-state index is 11.8. The van der Waals surface area contributed by atoms with Crippen molar-refractivity contribution < 1.29 is 23.2 Å². The van der Waals surface area contributed by atoms with Gasteiger partial charge in [0.25, 0.3) is 11.8 Å². The van der Waals surface area contributed by atoms with Crippen LogP contribution in [0.3, 0.4) is 0 Å². The van der Waals surface area contributed by atoms with Crippen molar-refractivity contribution >= 4 is 11.8 Å². The predicted molar refractivity (Wildman–Crippen MR) is 70.6 cm³/mol. The molecule has 2 aromatic rings. The molecule has 0 saturated heterocycles. The lowest BCUT2D eigenvalue weighted by Gasteiger charge is -2.04. The minimum Gasteiger partial charge on any atom is -0.453 e. The Hall–Kier alpha value is -2.54. The van der Waals surface area contributed by atoms with Crippen LogP contribution in [0.25, 0.3) is 0 Å². The van der Waals surface area contributed by atoms with Gasteiger partial charge in [-0.3, -0.25) is 9.59 Å². The van der Waals surface area contributed by atoms with Crippen LogP contribution in [0.5, 0.6) is 0 Å². The quantitative estimate of drug-likeness (QED) is 0.756. The lowest BCUT2D eigenvalue weighted by molar-refractivity contribution is 0.0756. The molecule has 0 fully saturated rings. The van der Waals surface area contributed by atoms with E-state index in [1.165, 1.54) is 0 Å². The molecule has 2 amide bonds. The highest BCUT2D eigenvalue weighted by atomic mass is 16.5. The van der Waals surface area contributed by atoms with E-state index in [1.54, 1.807) is 24.3 Å². The first-order valence-electron chi connectivity index (χ1n) is 6.54. The number of ether oxygens (including phenoxy) is 1. The van der Waals surface area contributed by atoms with Gasteiger partial charge < -0.3 is 24.2 Å². The van der Waals surface area contributed by atoms with Crippen molar-refractivity contribution in [2.24, 2.45) is 0 Å². The molecule has 1 aliphatic rings. The summed E-state index contributed by atoms with van der Waals surface area (Å²) >= 11 is 0. The van der Waals surface area contributed by atoms with Gasteiger partial charge >= 0.3 is 0 Å². The Bertz CT molecular complexity index is 602. The molecule has 0 aromatic carbocycles. The molecule has 0 unspecified atom stereocenters. The van der Waals surface area contributed by atoms with Crippen LogP contribution in [0.2, 0.25) is 0 Å². The summed E-state index contributed by atoms with van der Waals surface area (Å²) in [6.45, 7) is 1.03. The standard InChI is InChI=1S/C14H14N2O5/c17-13-11-3-1-9(20-11)7-19-8-10-2-4-12(21-10)14(18)16-6-5-15-13/h1-4H,5-8H2,(H,15,17)(H,16,18). The third-order valence-electron chi connectivity index (χ3n) is 2.96. The van der Waals surface area contributed by atoms with Crippen LogP contribution in [-0.2, 0) is 18.0 Å². The zero-order valence-electron chi connectivity index (χ0n) is 11.2. The molecule has 0 saturated carbocycles. The van der Waals surface area contributed by atoms with E-state index in [4.69, 9.17) is 13.6 Å². The molecule has 2 N–H and O–H groups in total. The number of hydrogen-bond donors (Lipinski definition) is 2. The maximum absolute atomic E-state index is 11.8. The average molecular weight is 290 g/mol. The minimum absolute atomic E-state index is 0.217. The summed E-state index contributed by atoms with van der Waals surface area (Å²) < 4.78 is 16.2. The molecule has 0 radical (unpaired) electrons. The van der Waals surface area contributed by atoms with E-state index in [-0.39, 0.29) is 36.5 Å². The van der Waals surface area contributed by atoms with Crippen LogP contribution in [0, 0.1) is 0 Å². The van der Waals surface area contributed by atoms with Crippen LogP contribution in [-0.4, -0.2) is 24.9 Å². The summed E-state index contributed by atoms with van der Waals surface area (Å²) in [6, 6.07) is 6.55. The fraction of sp³-hybridized carbons (Fsp3) is 0.286. The van der Waals surface area contributed by atoms with E-state index in [9.17, 15) is 9.59 Å². The Labute approximate surface area is 120 Å². The van der Waals surface area contributed by atoms with Gasteiger partial charge in [0.1, 0.15) is 24.7 Å². The van der Waals surface area contributed by atoms with Gasteiger partial charge in [-0.25, -0.2) is 0 Å². The Morgan fingerprint density at radius 3 is 1.71 bits per heavy atom. The number of carbonyl (C=O) groups is 2. The molecule has 0 spiro atoms. The second-order valence-corrected chi connectivity index (χ2v) is 4.54. The fourth-order valence-corrected chi connectivity index (χ4v) is 1.93. The molecular weight excluding hydrogens is 276 g/mol. The third-order valence-corrected chi connectivity index (χ3v) is 2.96. The number of fused-ring (bicyclic) bond motifs is 4. The molecule has 0 atom stereocenters. The van der Waals surface area contributed by atoms with Gasteiger partial charge in [-0.1, -0.05) is 0 Å². The minimum atomic E-state index is -0.329. The molecule has 21 heavy (non-hydrogen) atoms. The van der Waals surface area contributed by atoms with Crippen LogP contribution in [0.15, 0.2) is 33.1 Å². The van der Waals surface area contributed by atoms with Crippen molar-refractivity contribution in [1.29, 1.82) is 0 Å². The summed E-state index contributed by atoms with van der Waals surface area (Å²) in [5.41, 5.74) is 0. The first kappa shape index (κ1) is 13.4. The van der Waals surface area contributed by atoms with Crippen LogP contribution >= 0.6 is 0 Å². The number of carbonyl (C=O) groups excluding carboxylic acids is 2. The molecule has 3 rings (SSSR count). The summed E-state index contributed by atoms with van der Waals surface area (Å²) in [7, 11) is 0. The van der Waals surface area contributed by atoms with E-state index in [0.29, 0.717) is 24.6 Å². The maximum Gasteiger partial charge on any atom is 0.287 e.